The second-order valence-electron chi connectivity index (χ2n) is 4.78. The van der Waals surface area contributed by atoms with Crippen LogP contribution >= 0.6 is 24.0 Å². The Kier molecular flexibility index (Phi) is 7.41. The molecule has 0 aliphatic carbocycles. The standard InChI is InChI=1S/C14H19FN4O.HI/c15-11-5-4-6-12(9-11)18-13(20)10-17-14(16)19-7-2-1-3-8-19;/h4-6,9H,1-3,7-8,10H2,(H2,16,17)(H,18,20);1H. The highest BCUT2D eigenvalue weighted by molar-refractivity contribution is 14.0. The van der Waals surface area contributed by atoms with Crippen molar-refractivity contribution in [3.8, 4) is 0 Å². The summed E-state index contributed by atoms with van der Waals surface area (Å²) in [7, 11) is 0. The summed E-state index contributed by atoms with van der Waals surface area (Å²) in [5, 5.41) is 2.58. The largest absolute Gasteiger partial charge is 0.370 e. The lowest BCUT2D eigenvalue weighted by atomic mass is 10.1. The van der Waals surface area contributed by atoms with Gasteiger partial charge in [0, 0.05) is 18.8 Å². The van der Waals surface area contributed by atoms with E-state index in [9.17, 15) is 9.18 Å². The number of carbonyl (C=O) groups excluding carboxylic acids is 1. The van der Waals surface area contributed by atoms with Gasteiger partial charge in [-0.1, -0.05) is 6.07 Å². The number of anilines is 1. The van der Waals surface area contributed by atoms with E-state index in [1.807, 2.05) is 4.90 Å². The van der Waals surface area contributed by atoms with E-state index < -0.39 is 0 Å². The Labute approximate surface area is 140 Å². The van der Waals surface area contributed by atoms with Gasteiger partial charge in [0.15, 0.2) is 5.96 Å². The maximum Gasteiger partial charge on any atom is 0.246 e. The first-order valence-corrected chi connectivity index (χ1v) is 6.75. The molecule has 1 aromatic rings. The normalized spacial score (nSPS) is 15.3. The van der Waals surface area contributed by atoms with Crippen molar-refractivity contribution in [1.29, 1.82) is 0 Å². The molecule has 0 bridgehead atoms. The van der Waals surface area contributed by atoms with E-state index in [0.717, 1.165) is 25.9 Å². The number of guanidine groups is 1. The van der Waals surface area contributed by atoms with Crippen LogP contribution in [-0.2, 0) is 4.79 Å². The molecule has 1 saturated heterocycles. The van der Waals surface area contributed by atoms with Gasteiger partial charge >= 0.3 is 0 Å². The zero-order chi connectivity index (χ0) is 14.4. The van der Waals surface area contributed by atoms with E-state index in [1.165, 1.54) is 24.6 Å². The summed E-state index contributed by atoms with van der Waals surface area (Å²) in [6.07, 6.45) is 3.42. The number of nitrogens with zero attached hydrogens (tertiary/aromatic N) is 2. The second-order valence-corrected chi connectivity index (χ2v) is 4.78. The maximum absolute atomic E-state index is 13.0. The van der Waals surface area contributed by atoms with Gasteiger partial charge in [0.2, 0.25) is 5.91 Å². The molecule has 1 heterocycles. The number of piperidine rings is 1. The Morgan fingerprint density at radius 2 is 2.05 bits per heavy atom. The molecule has 5 nitrogen and oxygen atoms in total. The molecule has 1 aromatic carbocycles. The molecule has 2 rings (SSSR count). The van der Waals surface area contributed by atoms with Crippen molar-refractivity contribution in [1.82, 2.24) is 4.90 Å². The minimum Gasteiger partial charge on any atom is -0.370 e. The van der Waals surface area contributed by atoms with Gasteiger partial charge in [0.05, 0.1) is 0 Å². The van der Waals surface area contributed by atoms with Gasteiger partial charge in [0.1, 0.15) is 12.4 Å². The molecule has 0 atom stereocenters. The Morgan fingerprint density at radius 1 is 1.33 bits per heavy atom. The summed E-state index contributed by atoms with van der Waals surface area (Å²) in [5.74, 6) is -0.297. The van der Waals surface area contributed by atoms with Crippen LogP contribution < -0.4 is 11.1 Å². The van der Waals surface area contributed by atoms with Crippen molar-refractivity contribution in [2.75, 3.05) is 25.0 Å². The van der Waals surface area contributed by atoms with Crippen molar-refractivity contribution in [3.63, 3.8) is 0 Å². The van der Waals surface area contributed by atoms with Gasteiger partial charge in [-0.15, -0.1) is 24.0 Å². The first-order valence-electron chi connectivity index (χ1n) is 6.75. The number of nitrogens with one attached hydrogen (secondary N) is 1. The van der Waals surface area contributed by atoms with E-state index in [4.69, 9.17) is 5.73 Å². The first kappa shape index (κ1) is 17.7. The van der Waals surface area contributed by atoms with Crippen LogP contribution in [0, 0.1) is 5.82 Å². The number of hydrogen-bond donors (Lipinski definition) is 2. The Hall–Kier alpha value is -1.38. The van der Waals surface area contributed by atoms with Gasteiger partial charge in [-0.05, 0) is 37.5 Å². The summed E-state index contributed by atoms with van der Waals surface area (Å²) >= 11 is 0. The monoisotopic (exact) mass is 406 g/mol. The van der Waals surface area contributed by atoms with Crippen molar-refractivity contribution in [2.24, 2.45) is 10.7 Å². The van der Waals surface area contributed by atoms with Crippen molar-refractivity contribution < 1.29 is 9.18 Å². The van der Waals surface area contributed by atoms with E-state index in [1.54, 1.807) is 6.07 Å². The van der Waals surface area contributed by atoms with Gasteiger partial charge in [-0.3, -0.25) is 4.79 Å². The van der Waals surface area contributed by atoms with Crippen LogP contribution in [0.5, 0.6) is 0 Å². The average molecular weight is 406 g/mol. The fourth-order valence-corrected chi connectivity index (χ4v) is 2.14. The van der Waals surface area contributed by atoms with Crippen molar-refractivity contribution >= 4 is 41.5 Å². The highest BCUT2D eigenvalue weighted by Crippen LogP contribution is 2.09. The van der Waals surface area contributed by atoms with E-state index >= 15 is 0 Å². The fraction of sp³-hybridized carbons (Fsp3) is 0.429. The molecule has 21 heavy (non-hydrogen) atoms. The average Bonchev–Trinajstić information content (AvgIpc) is 2.46. The predicted octanol–water partition coefficient (Wildman–Crippen LogP) is 2.18. The summed E-state index contributed by atoms with van der Waals surface area (Å²) in [6.45, 7) is 1.72. The van der Waals surface area contributed by atoms with Gasteiger partial charge in [-0.2, -0.15) is 0 Å². The number of benzene rings is 1. The second kappa shape index (κ2) is 8.81. The number of rotatable bonds is 3. The molecular weight excluding hydrogens is 386 g/mol. The molecule has 7 heteroatoms. The molecule has 0 aromatic heterocycles. The molecule has 1 aliphatic heterocycles. The number of amides is 1. The lowest BCUT2D eigenvalue weighted by molar-refractivity contribution is -0.114. The molecule has 0 unspecified atom stereocenters. The molecular formula is C14H20FIN4O. The van der Waals surface area contributed by atoms with E-state index in [2.05, 4.69) is 10.3 Å². The van der Waals surface area contributed by atoms with Crippen LogP contribution in [0.2, 0.25) is 0 Å². The molecule has 116 valence electrons. The van der Waals surface area contributed by atoms with Crippen molar-refractivity contribution in [2.45, 2.75) is 19.3 Å². The van der Waals surface area contributed by atoms with Crippen LogP contribution in [0.1, 0.15) is 19.3 Å². The third kappa shape index (κ3) is 5.86. The number of likely N-dealkylation sites (tertiary alicyclic amines) is 1. The Morgan fingerprint density at radius 3 is 2.71 bits per heavy atom. The van der Waals surface area contributed by atoms with Crippen molar-refractivity contribution in [3.05, 3.63) is 30.1 Å². The zero-order valence-corrected chi connectivity index (χ0v) is 14.0. The molecule has 1 amide bonds. The Balaban J connectivity index is 0.00000220. The Bertz CT molecular complexity index is 504. The molecule has 1 fully saturated rings. The zero-order valence-electron chi connectivity index (χ0n) is 11.7. The van der Waals surface area contributed by atoms with E-state index in [0.29, 0.717) is 11.6 Å². The third-order valence-electron chi connectivity index (χ3n) is 3.17. The van der Waals surface area contributed by atoms with E-state index in [-0.39, 0.29) is 42.2 Å². The van der Waals surface area contributed by atoms with Crippen LogP contribution in [0.3, 0.4) is 0 Å². The van der Waals surface area contributed by atoms with Gasteiger partial charge in [0.25, 0.3) is 0 Å². The van der Waals surface area contributed by atoms with Crippen LogP contribution in [0.25, 0.3) is 0 Å². The molecule has 0 radical (unpaired) electrons. The fourth-order valence-electron chi connectivity index (χ4n) is 2.14. The quantitative estimate of drug-likeness (QED) is 0.459. The highest BCUT2D eigenvalue weighted by atomic mass is 127. The number of carbonyl (C=O) groups is 1. The molecule has 1 aliphatic rings. The molecule has 0 saturated carbocycles. The highest BCUT2D eigenvalue weighted by Gasteiger charge is 2.12. The summed E-state index contributed by atoms with van der Waals surface area (Å²) in [5.41, 5.74) is 6.27. The summed E-state index contributed by atoms with van der Waals surface area (Å²) < 4.78 is 13.0. The molecule has 0 spiro atoms. The summed E-state index contributed by atoms with van der Waals surface area (Å²) in [4.78, 5) is 17.8. The number of nitrogens with two attached hydrogens (primary N) is 1. The molecule has 3 N–H and O–H groups in total. The number of hydrogen-bond acceptors (Lipinski definition) is 2. The van der Waals surface area contributed by atoms with Gasteiger partial charge in [-0.25, -0.2) is 9.38 Å². The maximum atomic E-state index is 13.0. The lowest BCUT2D eigenvalue weighted by Gasteiger charge is -2.27. The first-order chi connectivity index (χ1) is 9.65. The minimum absolute atomic E-state index is 0. The van der Waals surface area contributed by atoms with Crippen LogP contribution in [0.4, 0.5) is 10.1 Å². The van der Waals surface area contributed by atoms with Crippen LogP contribution in [0.15, 0.2) is 29.3 Å². The SMILES string of the molecule is I.NC(=NCC(=O)Nc1cccc(F)c1)N1CCCCC1. The van der Waals surface area contributed by atoms with Gasteiger partial charge < -0.3 is 16.0 Å². The number of aliphatic imine (C=N–C) groups is 1. The topological polar surface area (TPSA) is 70.7 Å². The lowest BCUT2D eigenvalue weighted by Crippen LogP contribution is -2.41. The minimum atomic E-state index is -0.390. The van der Waals surface area contributed by atoms with Crippen LogP contribution in [-0.4, -0.2) is 36.4 Å². The smallest absolute Gasteiger partial charge is 0.246 e. The number of halogens is 2. The summed E-state index contributed by atoms with van der Waals surface area (Å²) in [6, 6.07) is 5.74. The predicted molar refractivity (Wildman–Crippen MR) is 92.4 cm³/mol. The third-order valence-corrected chi connectivity index (χ3v) is 3.17.